The van der Waals surface area contributed by atoms with Crippen molar-refractivity contribution in [3.05, 3.63) is 58.9 Å². The van der Waals surface area contributed by atoms with Gasteiger partial charge in [-0.05, 0) is 68.1 Å². The zero-order valence-corrected chi connectivity index (χ0v) is 14.7. The Morgan fingerprint density at radius 2 is 1.88 bits per heavy atom. The zero-order chi connectivity index (χ0) is 17.1. The second kappa shape index (κ2) is 7.05. The summed E-state index contributed by atoms with van der Waals surface area (Å²) in [5, 5.41) is 0. The van der Waals surface area contributed by atoms with E-state index in [1.165, 1.54) is 16.7 Å². The molecule has 0 atom stereocenters. The lowest BCUT2D eigenvalue weighted by Gasteiger charge is -2.10. The van der Waals surface area contributed by atoms with Gasteiger partial charge in [0.15, 0.2) is 0 Å². The minimum Gasteiger partial charge on any atom is -0.494 e. The molecule has 0 saturated heterocycles. The fourth-order valence-corrected chi connectivity index (χ4v) is 2.95. The summed E-state index contributed by atoms with van der Waals surface area (Å²) in [4.78, 5) is 4.68. The second-order valence-electron chi connectivity index (χ2n) is 6.33. The predicted molar refractivity (Wildman–Crippen MR) is 98.4 cm³/mol. The Hall–Kier alpha value is -2.33. The van der Waals surface area contributed by atoms with Gasteiger partial charge in [0.1, 0.15) is 11.6 Å². The monoisotopic (exact) mass is 323 g/mol. The number of fused-ring (bicyclic) bond motifs is 1. The molecule has 2 aromatic carbocycles. The number of ether oxygens (including phenoxy) is 1. The SMILES string of the molecule is Cc1cccc(OCCCn2c(CN)nc3cc(C)c(C)cc32)c1. The van der Waals surface area contributed by atoms with Crippen LogP contribution in [0.3, 0.4) is 0 Å². The van der Waals surface area contributed by atoms with Gasteiger partial charge in [-0.3, -0.25) is 0 Å². The topological polar surface area (TPSA) is 53.1 Å². The number of imidazole rings is 1. The molecular weight excluding hydrogens is 298 g/mol. The van der Waals surface area contributed by atoms with Crippen LogP contribution in [0.25, 0.3) is 11.0 Å². The van der Waals surface area contributed by atoms with E-state index in [1.807, 2.05) is 12.1 Å². The molecule has 0 unspecified atom stereocenters. The molecule has 24 heavy (non-hydrogen) atoms. The summed E-state index contributed by atoms with van der Waals surface area (Å²) in [5.41, 5.74) is 11.8. The summed E-state index contributed by atoms with van der Waals surface area (Å²) < 4.78 is 8.07. The molecular formula is C20H25N3O. The molecule has 0 fully saturated rings. The van der Waals surface area contributed by atoms with Crippen LogP contribution < -0.4 is 10.5 Å². The Morgan fingerprint density at radius 3 is 2.62 bits per heavy atom. The van der Waals surface area contributed by atoms with Crippen LogP contribution in [0.4, 0.5) is 0 Å². The van der Waals surface area contributed by atoms with Crippen molar-refractivity contribution in [2.24, 2.45) is 5.73 Å². The Morgan fingerprint density at radius 1 is 1.08 bits per heavy atom. The molecule has 0 bridgehead atoms. The minimum atomic E-state index is 0.450. The van der Waals surface area contributed by atoms with E-state index in [2.05, 4.69) is 54.6 Å². The van der Waals surface area contributed by atoms with Gasteiger partial charge in [0.2, 0.25) is 0 Å². The maximum absolute atomic E-state index is 5.89. The fourth-order valence-electron chi connectivity index (χ4n) is 2.95. The molecule has 126 valence electrons. The van der Waals surface area contributed by atoms with E-state index in [9.17, 15) is 0 Å². The van der Waals surface area contributed by atoms with Crippen molar-refractivity contribution in [2.45, 2.75) is 40.3 Å². The normalized spacial score (nSPS) is 11.2. The van der Waals surface area contributed by atoms with Gasteiger partial charge in [-0.25, -0.2) is 4.98 Å². The number of nitrogens with zero attached hydrogens (tertiary/aromatic N) is 2. The Kier molecular flexibility index (Phi) is 4.86. The number of hydrogen-bond donors (Lipinski definition) is 1. The van der Waals surface area contributed by atoms with Gasteiger partial charge in [-0.15, -0.1) is 0 Å². The van der Waals surface area contributed by atoms with Gasteiger partial charge in [-0.1, -0.05) is 12.1 Å². The van der Waals surface area contributed by atoms with E-state index < -0.39 is 0 Å². The highest BCUT2D eigenvalue weighted by atomic mass is 16.5. The molecule has 1 heterocycles. The van der Waals surface area contributed by atoms with Gasteiger partial charge >= 0.3 is 0 Å². The van der Waals surface area contributed by atoms with Crippen molar-refractivity contribution >= 4 is 11.0 Å². The highest BCUT2D eigenvalue weighted by molar-refractivity contribution is 5.78. The number of rotatable bonds is 6. The number of aryl methyl sites for hydroxylation is 4. The van der Waals surface area contributed by atoms with Gasteiger partial charge in [0.05, 0.1) is 24.2 Å². The number of aromatic nitrogens is 2. The van der Waals surface area contributed by atoms with Crippen molar-refractivity contribution in [3.63, 3.8) is 0 Å². The average Bonchev–Trinajstić information content (AvgIpc) is 2.89. The molecule has 0 amide bonds. The van der Waals surface area contributed by atoms with Crippen molar-refractivity contribution in [3.8, 4) is 5.75 Å². The van der Waals surface area contributed by atoms with Crippen LogP contribution in [0, 0.1) is 20.8 Å². The summed E-state index contributed by atoms with van der Waals surface area (Å²) in [6.07, 6.45) is 0.916. The first-order chi connectivity index (χ1) is 11.6. The van der Waals surface area contributed by atoms with Gasteiger partial charge < -0.3 is 15.0 Å². The third-order valence-electron chi connectivity index (χ3n) is 4.41. The summed E-state index contributed by atoms with van der Waals surface area (Å²) in [7, 11) is 0. The van der Waals surface area contributed by atoms with E-state index in [1.54, 1.807) is 0 Å². The van der Waals surface area contributed by atoms with Gasteiger partial charge in [0, 0.05) is 6.54 Å². The van der Waals surface area contributed by atoms with E-state index in [-0.39, 0.29) is 0 Å². The lowest BCUT2D eigenvalue weighted by molar-refractivity contribution is 0.301. The van der Waals surface area contributed by atoms with Crippen molar-refractivity contribution in [2.75, 3.05) is 6.61 Å². The third-order valence-corrected chi connectivity index (χ3v) is 4.41. The van der Waals surface area contributed by atoms with Crippen LogP contribution in [0.5, 0.6) is 5.75 Å². The molecule has 0 spiro atoms. The maximum atomic E-state index is 5.89. The summed E-state index contributed by atoms with van der Waals surface area (Å²) in [5.74, 6) is 1.86. The minimum absolute atomic E-state index is 0.450. The Balaban J connectivity index is 1.71. The van der Waals surface area contributed by atoms with Crippen LogP contribution in [-0.4, -0.2) is 16.2 Å². The summed E-state index contributed by atoms with van der Waals surface area (Å²) in [6, 6.07) is 12.5. The standard InChI is InChI=1S/C20H25N3O/c1-14-6-4-7-17(10-14)24-9-5-8-23-19-12-16(3)15(2)11-18(19)22-20(23)13-21/h4,6-7,10-12H,5,8-9,13,21H2,1-3H3. The van der Waals surface area contributed by atoms with Crippen LogP contribution in [0.1, 0.15) is 28.9 Å². The molecule has 1 aromatic heterocycles. The Bertz CT molecular complexity index is 851. The smallest absolute Gasteiger partial charge is 0.123 e. The molecule has 2 N–H and O–H groups in total. The van der Waals surface area contributed by atoms with Crippen molar-refractivity contribution in [1.29, 1.82) is 0 Å². The first-order valence-electron chi connectivity index (χ1n) is 8.44. The van der Waals surface area contributed by atoms with Crippen LogP contribution in [0.15, 0.2) is 36.4 Å². The maximum Gasteiger partial charge on any atom is 0.123 e. The van der Waals surface area contributed by atoms with Crippen LogP contribution in [0.2, 0.25) is 0 Å². The lowest BCUT2D eigenvalue weighted by Crippen LogP contribution is -2.11. The number of hydrogen-bond acceptors (Lipinski definition) is 3. The molecule has 4 heteroatoms. The third kappa shape index (κ3) is 3.44. The quantitative estimate of drug-likeness (QED) is 0.700. The summed E-state index contributed by atoms with van der Waals surface area (Å²) in [6.45, 7) is 8.31. The molecule has 0 saturated carbocycles. The van der Waals surface area contributed by atoms with E-state index in [0.717, 1.165) is 35.6 Å². The Labute approximate surface area is 143 Å². The van der Waals surface area contributed by atoms with E-state index in [0.29, 0.717) is 13.2 Å². The molecule has 0 radical (unpaired) electrons. The predicted octanol–water partition coefficient (Wildman–Crippen LogP) is 3.89. The van der Waals surface area contributed by atoms with Gasteiger partial charge in [-0.2, -0.15) is 0 Å². The molecule has 4 nitrogen and oxygen atoms in total. The lowest BCUT2D eigenvalue weighted by atomic mass is 10.1. The van der Waals surface area contributed by atoms with E-state index >= 15 is 0 Å². The van der Waals surface area contributed by atoms with Crippen molar-refractivity contribution in [1.82, 2.24) is 9.55 Å². The first-order valence-corrected chi connectivity index (χ1v) is 8.44. The van der Waals surface area contributed by atoms with Gasteiger partial charge in [0.25, 0.3) is 0 Å². The van der Waals surface area contributed by atoms with Crippen LogP contribution in [-0.2, 0) is 13.1 Å². The average molecular weight is 323 g/mol. The number of nitrogens with two attached hydrogens (primary N) is 1. The first kappa shape index (κ1) is 16.5. The molecule has 0 aliphatic heterocycles. The highest BCUT2D eigenvalue weighted by Gasteiger charge is 2.10. The summed E-state index contributed by atoms with van der Waals surface area (Å²) >= 11 is 0. The zero-order valence-electron chi connectivity index (χ0n) is 14.7. The van der Waals surface area contributed by atoms with Crippen molar-refractivity contribution < 1.29 is 4.74 Å². The molecule has 3 rings (SSSR count). The molecule has 0 aliphatic carbocycles. The highest BCUT2D eigenvalue weighted by Crippen LogP contribution is 2.21. The fraction of sp³-hybridized carbons (Fsp3) is 0.350. The number of benzene rings is 2. The van der Waals surface area contributed by atoms with Crippen LogP contribution >= 0.6 is 0 Å². The molecule has 0 aliphatic rings. The second-order valence-corrected chi connectivity index (χ2v) is 6.33. The largest absolute Gasteiger partial charge is 0.494 e. The molecule has 3 aromatic rings. The van der Waals surface area contributed by atoms with E-state index in [4.69, 9.17) is 10.5 Å².